The van der Waals surface area contributed by atoms with E-state index in [4.69, 9.17) is 14.2 Å². The molecule has 1 heterocycles. The number of nitro benzene ring substituents is 1. The van der Waals surface area contributed by atoms with Gasteiger partial charge in [-0.2, -0.15) is 5.26 Å². The molecule has 0 radical (unpaired) electrons. The van der Waals surface area contributed by atoms with E-state index in [0.29, 0.717) is 33.3 Å². The SMILES string of the molecule is COc1ccc(-c2csc(C(C#N)=Cc3ccc(OC)c([N+](=O)[O-])c3)n2)cc1OC. The highest BCUT2D eigenvalue weighted by Gasteiger charge is 2.16. The van der Waals surface area contributed by atoms with Crippen molar-refractivity contribution in [1.29, 1.82) is 5.26 Å². The monoisotopic (exact) mass is 423 g/mol. The van der Waals surface area contributed by atoms with Gasteiger partial charge in [-0.15, -0.1) is 11.3 Å². The Kier molecular flexibility index (Phi) is 6.29. The lowest BCUT2D eigenvalue weighted by molar-refractivity contribution is -0.385. The third-order valence-electron chi connectivity index (χ3n) is 4.24. The van der Waals surface area contributed by atoms with Crippen LogP contribution in [0.15, 0.2) is 41.8 Å². The molecule has 9 heteroatoms. The van der Waals surface area contributed by atoms with Crippen LogP contribution in [0.3, 0.4) is 0 Å². The van der Waals surface area contributed by atoms with Crippen molar-refractivity contribution in [2.75, 3.05) is 21.3 Å². The highest BCUT2D eigenvalue weighted by Crippen LogP contribution is 2.34. The molecule has 8 nitrogen and oxygen atoms in total. The minimum atomic E-state index is -0.527. The van der Waals surface area contributed by atoms with Crippen LogP contribution in [0, 0.1) is 21.4 Å². The fourth-order valence-electron chi connectivity index (χ4n) is 2.77. The second-order valence-corrected chi connectivity index (χ2v) is 6.82. The molecule has 3 rings (SSSR count). The Balaban J connectivity index is 1.96. The van der Waals surface area contributed by atoms with Crippen LogP contribution in [0.2, 0.25) is 0 Å². The molecule has 0 aliphatic heterocycles. The van der Waals surface area contributed by atoms with Gasteiger partial charge in [0, 0.05) is 17.0 Å². The van der Waals surface area contributed by atoms with Crippen molar-refractivity contribution in [3.63, 3.8) is 0 Å². The summed E-state index contributed by atoms with van der Waals surface area (Å²) in [7, 11) is 4.48. The molecule has 0 aliphatic carbocycles. The van der Waals surface area contributed by atoms with Gasteiger partial charge in [0.1, 0.15) is 11.1 Å². The smallest absolute Gasteiger partial charge is 0.311 e. The molecule has 0 aliphatic rings. The Morgan fingerprint density at radius 2 is 1.80 bits per heavy atom. The number of thiazole rings is 1. The van der Waals surface area contributed by atoms with Gasteiger partial charge >= 0.3 is 5.69 Å². The van der Waals surface area contributed by atoms with Crippen LogP contribution in [0.5, 0.6) is 17.2 Å². The topological polar surface area (TPSA) is 108 Å². The van der Waals surface area contributed by atoms with Gasteiger partial charge in [-0.1, -0.05) is 6.07 Å². The number of nitro groups is 1. The van der Waals surface area contributed by atoms with Crippen LogP contribution in [0.25, 0.3) is 22.9 Å². The van der Waals surface area contributed by atoms with E-state index in [1.807, 2.05) is 11.4 Å². The number of nitriles is 1. The molecule has 0 spiro atoms. The molecule has 0 unspecified atom stereocenters. The van der Waals surface area contributed by atoms with E-state index in [1.165, 1.54) is 30.6 Å². The molecule has 0 atom stereocenters. The molecule has 152 valence electrons. The lowest BCUT2D eigenvalue weighted by Crippen LogP contribution is -1.94. The summed E-state index contributed by atoms with van der Waals surface area (Å²) in [6, 6.07) is 12.1. The van der Waals surface area contributed by atoms with Crippen LogP contribution >= 0.6 is 11.3 Å². The van der Waals surface area contributed by atoms with Gasteiger partial charge in [0.15, 0.2) is 17.2 Å². The predicted molar refractivity (Wildman–Crippen MR) is 114 cm³/mol. The van der Waals surface area contributed by atoms with Gasteiger partial charge in [-0.25, -0.2) is 4.98 Å². The number of rotatable bonds is 7. The van der Waals surface area contributed by atoms with Crippen LogP contribution < -0.4 is 14.2 Å². The predicted octanol–water partition coefficient (Wildman–Crippen LogP) is 4.81. The van der Waals surface area contributed by atoms with Crippen molar-refractivity contribution in [2.24, 2.45) is 0 Å². The van der Waals surface area contributed by atoms with Crippen molar-refractivity contribution in [1.82, 2.24) is 4.98 Å². The Bertz CT molecular complexity index is 1160. The summed E-state index contributed by atoms with van der Waals surface area (Å²) in [5, 5.41) is 23.2. The maximum atomic E-state index is 11.2. The third kappa shape index (κ3) is 4.24. The van der Waals surface area contributed by atoms with Crippen molar-refractivity contribution in [3.05, 3.63) is 62.5 Å². The highest BCUT2D eigenvalue weighted by molar-refractivity contribution is 7.11. The summed E-state index contributed by atoms with van der Waals surface area (Å²) in [6.07, 6.45) is 1.56. The quantitative estimate of drug-likeness (QED) is 0.305. The summed E-state index contributed by atoms with van der Waals surface area (Å²) in [5.41, 5.74) is 2.12. The average Bonchev–Trinajstić information content (AvgIpc) is 3.26. The maximum Gasteiger partial charge on any atom is 0.311 e. The summed E-state index contributed by atoms with van der Waals surface area (Å²) in [5.74, 6) is 1.34. The lowest BCUT2D eigenvalue weighted by Gasteiger charge is -2.08. The zero-order chi connectivity index (χ0) is 21.7. The lowest BCUT2D eigenvalue weighted by atomic mass is 10.1. The van der Waals surface area contributed by atoms with E-state index < -0.39 is 4.92 Å². The van der Waals surface area contributed by atoms with Crippen LogP contribution in [-0.4, -0.2) is 31.2 Å². The first-order valence-corrected chi connectivity index (χ1v) is 9.51. The zero-order valence-electron chi connectivity index (χ0n) is 16.4. The van der Waals surface area contributed by atoms with E-state index in [-0.39, 0.29) is 11.4 Å². The summed E-state index contributed by atoms with van der Waals surface area (Å²) < 4.78 is 15.6. The van der Waals surface area contributed by atoms with Crippen LogP contribution in [0.1, 0.15) is 10.6 Å². The third-order valence-corrected chi connectivity index (χ3v) is 5.12. The van der Waals surface area contributed by atoms with Gasteiger partial charge in [0.2, 0.25) is 0 Å². The van der Waals surface area contributed by atoms with Gasteiger partial charge in [0.05, 0.1) is 37.5 Å². The second kappa shape index (κ2) is 9.07. The minimum Gasteiger partial charge on any atom is -0.493 e. The first-order chi connectivity index (χ1) is 14.5. The van der Waals surface area contributed by atoms with Gasteiger partial charge in [0.25, 0.3) is 0 Å². The number of benzene rings is 2. The largest absolute Gasteiger partial charge is 0.493 e. The van der Waals surface area contributed by atoms with E-state index in [9.17, 15) is 15.4 Å². The molecule has 30 heavy (non-hydrogen) atoms. The molecule has 0 saturated carbocycles. The first kappa shape index (κ1) is 20.8. The molecular weight excluding hydrogens is 406 g/mol. The highest BCUT2D eigenvalue weighted by atomic mass is 32.1. The molecular formula is C21H17N3O5S. The summed E-state index contributed by atoms with van der Waals surface area (Å²) in [4.78, 5) is 15.2. The average molecular weight is 423 g/mol. The Morgan fingerprint density at radius 3 is 2.43 bits per heavy atom. The fraction of sp³-hybridized carbons (Fsp3) is 0.143. The van der Waals surface area contributed by atoms with E-state index >= 15 is 0 Å². The first-order valence-electron chi connectivity index (χ1n) is 8.63. The Morgan fingerprint density at radius 1 is 1.10 bits per heavy atom. The molecule has 0 fully saturated rings. The summed E-state index contributed by atoms with van der Waals surface area (Å²) >= 11 is 1.31. The molecule has 3 aromatic rings. The van der Waals surface area contributed by atoms with E-state index in [0.717, 1.165) is 5.56 Å². The molecule has 2 aromatic carbocycles. The van der Waals surface area contributed by atoms with E-state index in [1.54, 1.807) is 38.5 Å². The van der Waals surface area contributed by atoms with Gasteiger partial charge in [-0.3, -0.25) is 10.1 Å². The van der Waals surface area contributed by atoms with Crippen LogP contribution in [0.4, 0.5) is 5.69 Å². The second-order valence-electron chi connectivity index (χ2n) is 5.97. The van der Waals surface area contributed by atoms with Crippen molar-refractivity contribution < 1.29 is 19.1 Å². The minimum absolute atomic E-state index is 0.153. The molecule has 0 saturated heterocycles. The van der Waals surface area contributed by atoms with Gasteiger partial charge in [-0.05, 0) is 35.9 Å². The Hall–Kier alpha value is -3.90. The number of hydrogen-bond donors (Lipinski definition) is 0. The standard InChI is InChI=1S/C21H17N3O5S/c1-27-18-6-4-13(9-17(18)24(25)26)8-15(11-22)21-23-16(12-30-21)14-5-7-19(28-2)20(10-14)29-3/h4-10,12H,1-3H3. The fourth-order valence-corrected chi connectivity index (χ4v) is 3.57. The molecule has 0 N–H and O–H groups in total. The normalized spacial score (nSPS) is 10.9. The molecule has 0 bridgehead atoms. The Labute approximate surface area is 176 Å². The number of methoxy groups -OCH3 is 3. The van der Waals surface area contributed by atoms with Crippen LogP contribution in [-0.2, 0) is 0 Å². The maximum absolute atomic E-state index is 11.2. The zero-order valence-corrected chi connectivity index (χ0v) is 17.2. The van der Waals surface area contributed by atoms with E-state index in [2.05, 4.69) is 11.1 Å². The molecule has 1 aromatic heterocycles. The van der Waals surface area contributed by atoms with Crippen molar-refractivity contribution >= 4 is 28.7 Å². The molecule has 0 amide bonds. The number of ether oxygens (including phenoxy) is 3. The van der Waals surface area contributed by atoms with Gasteiger partial charge < -0.3 is 14.2 Å². The summed E-state index contributed by atoms with van der Waals surface area (Å²) in [6.45, 7) is 0. The number of nitrogens with zero attached hydrogens (tertiary/aromatic N) is 3. The number of hydrogen-bond acceptors (Lipinski definition) is 8. The van der Waals surface area contributed by atoms with Crippen molar-refractivity contribution in [2.45, 2.75) is 0 Å². The number of allylic oxidation sites excluding steroid dienone is 1. The van der Waals surface area contributed by atoms with Crippen molar-refractivity contribution in [3.8, 4) is 34.6 Å². The number of aromatic nitrogens is 1.